The van der Waals surface area contributed by atoms with E-state index in [1.54, 1.807) is 18.2 Å². The number of aromatic nitrogens is 1. The lowest BCUT2D eigenvalue weighted by molar-refractivity contribution is -0.137. The smallest absolute Gasteiger partial charge is 0.416 e. The Bertz CT molecular complexity index is 1320. The van der Waals surface area contributed by atoms with Crippen LogP contribution in [0.4, 0.5) is 37.7 Å². The Morgan fingerprint density at radius 3 is 2.18 bits per heavy atom. The van der Waals surface area contributed by atoms with E-state index in [2.05, 4.69) is 10.3 Å². The number of hydrogen-bond acceptors (Lipinski definition) is 4. The Hall–Kier alpha value is -3.95. The van der Waals surface area contributed by atoms with Crippen molar-refractivity contribution in [2.24, 2.45) is 0 Å². The highest BCUT2D eigenvalue weighted by molar-refractivity contribution is 5.95. The van der Waals surface area contributed by atoms with Crippen molar-refractivity contribution in [1.29, 1.82) is 0 Å². The summed E-state index contributed by atoms with van der Waals surface area (Å²) in [5.41, 5.74) is 0.572. The van der Waals surface area contributed by atoms with E-state index in [0.29, 0.717) is 27.9 Å². The maximum Gasteiger partial charge on any atom is 0.416 e. The highest BCUT2D eigenvalue weighted by Crippen LogP contribution is 2.36. The van der Waals surface area contributed by atoms with Crippen LogP contribution in [-0.2, 0) is 12.8 Å². The maximum absolute atomic E-state index is 13.6. The van der Waals surface area contributed by atoms with Gasteiger partial charge in [0.25, 0.3) is 0 Å². The van der Waals surface area contributed by atoms with Crippen LogP contribution >= 0.6 is 0 Å². The summed E-state index contributed by atoms with van der Waals surface area (Å²) in [4.78, 5) is 4.24. The molecular formula is C24H16F6N2O2. The van der Waals surface area contributed by atoms with E-state index in [-0.39, 0.29) is 18.0 Å². The molecule has 0 bridgehead atoms. The molecule has 0 amide bonds. The van der Waals surface area contributed by atoms with E-state index in [9.17, 15) is 26.3 Å². The fourth-order valence-corrected chi connectivity index (χ4v) is 3.27. The zero-order chi connectivity index (χ0) is 24.5. The van der Waals surface area contributed by atoms with Crippen molar-refractivity contribution in [3.05, 3.63) is 89.4 Å². The Labute approximate surface area is 189 Å². The quantitative estimate of drug-likeness (QED) is 0.239. The molecule has 1 aromatic heterocycles. The fourth-order valence-electron chi connectivity index (χ4n) is 3.27. The molecule has 0 unspecified atom stereocenters. The Morgan fingerprint density at radius 1 is 0.882 bits per heavy atom. The van der Waals surface area contributed by atoms with Gasteiger partial charge < -0.3 is 14.8 Å². The minimum absolute atomic E-state index is 0.0214. The van der Waals surface area contributed by atoms with Crippen LogP contribution in [0, 0.1) is 17.5 Å². The van der Waals surface area contributed by atoms with Crippen LogP contribution in [0.25, 0.3) is 10.9 Å². The Kier molecular flexibility index (Phi) is 6.23. The first-order valence-electron chi connectivity index (χ1n) is 9.83. The first kappa shape index (κ1) is 23.2. The lowest BCUT2D eigenvalue weighted by atomic mass is 10.1. The largest absolute Gasteiger partial charge is 0.493 e. The normalized spacial score (nSPS) is 11.5. The molecule has 0 aliphatic rings. The topological polar surface area (TPSA) is 43.4 Å². The standard InChI is InChI=1S/C24H16F6N2O2/c1-33-21-11-20-16(10-22(21)34-12-13-2-4-14(5-3-13)24(28,29)30)19(6-7-31-20)32-15-8-17(25)23(27)18(26)9-15/h2-11H,12H2,1H3,(H,31,32). The number of hydrogen-bond donors (Lipinski definition) is 1. The van der Waals surface area contributed by atoms with E-state index in [0.717, 1.165) is 24.3 Å². The molecule has 10 heteroatoms. The minimum Gasteiger partial charge on any atom is -0.493 e. The lowest BCUT2D eigenvalue weighted by Gasteiger charge is -2.15. The van der Waals surface area contributed by atoms with Crippen LogP contribution in [0.2, 0.25) is 0 Å². The van der Waals surface area contributed by atoms with Crippen LogP contribution in [0.5, 0.6) is 11.5 Å². The van der Waals surface area contributed by atoms with Gasteiger partial charge in [0.05, 0.1) is 18.2 Å². The summed E-state index contributed by atoms with van der Waals surface area (Å²) < 4.78 is 89.9. The highest BCUT2D eigenvalue weighted by Gasteiger charge is 2.29. The summed E-state index contributed by atoms with van der Waals surface area (Å²) in [6, 6.07) is 10.9. The van der Waals surface area contributed by atoms with Crippen LogP contribution in [0.1, 0.15) is 11.1 Å². The summed E-state index contributed by atoms with van der Waals surface area (Å²) in [5.74, 6) is -3.68. The van der Waals surface area contributed by atoms with Crippen LogP contribution in [-0.4, -0.2) is 12.1 Å². The van der Waals surface area contributed by atoms with Gasteiger partial charge >= 0.3 is 6.18 Å². The summed E-state index contributed by atoms with van der Waals surface area (Å²) in [6.45, 7) is -0.0442. The number of pyridine rings is 1. The van der Waals surface area contributed by atoms with Gasteiger partial charge in [0.15, 0.2) is 29.0 Å². The third kappa shape index (κ3) is 4.85. The number of anilines is 2. The van der Waals surface area contributed by atoms with E-state index in [4.69, 9.17) is 9.47 Å². The third-order valence-corrected chi connectivity index (χ3v) is 4.97. The SMILES string of the molecule is COc1cc2nccc(Nc3cc(F)c(F)c(F)c3)c2cc1OCc1ccc(C(F)(F)F)cc1. The zero-order valence-electron chi connectivity index (χ0n) is 17.5. The average Bonchev–Trinajstić information content (AvgIpc) is 2.80. The van der Waals surface area contributed by atoms with E-state index in [1.165, 1.54) is 25.4 Å². The van der Waals surface area contributed by atoms with Gasteiger partial charge in [-0.3, -0.25) is 4.98 Å². The molecule has 0 fully saturated rings. The summed E-state index contributed by atoms with van der Waals surface area (Å²) in [5, 5.41) is 3.32. The number of ether oxygens (including phenoxy) is 2. The van der Waals surface area contributed by atoms with Crippen LogP contribution in [0.3, 0.4) is 0 Å². The van der Waals surface area contributed by atoms with Gasteiger partial charge in [0.1, 0.15) is 6.61 Å². The van der Waals surface area contributed by atoms with Gasteiger partial charge in [-0.25, -0.2) is 13.2 Å². The summed E-state index contributed by atoms with van der Waals surface area (Å²) in [6.07, 6.45) is -2.98. The van der Waals surface area contributed by atoms with Gasteiger partial charge in [-0.1, -0.05) is 12.1 Å². The third-order valence-electron chi connectivity index (χ3n) is 4.97. The molecule has 0 aliphatic carbocycles. The molecule has 176 valence electrons. The Balaban J connectivity index is 1.64. The highest BCUT2D eigenvalue weighted by atomic mass is 19.4. The number of halogens is 6. The first-order valence-corrected chi connectivity index (χ1v) is 9.83. The van der Waals surface area contributed by atoms with Crippen molar-refractivity contribution < 1.29 is 35.8 Å². The lowest BCUT2D eigenvalue weighted by Crippen LogP contribution is -2.05. The molecule has 0 saturated carbocycles. The molecule has 34 heavy (non-hydrogen) atoms. The maximum atomic E-state index is 13.6. The van der Waals surface area contributed by atoms with Crippen LogP contribution < -0.4 is 14.8 Å². The monoisotopic (exact) mass is 478 g/mol. The summed E-state index contributed by atoms with van der Waals surface area (Å²) >= 11 is 0. The predicted molar refractivity (Wildman–Crippen MR) is 114 cm³/mol. The average molecular weight is 478 g/mol. The number of nitrogens with one attached hydrogen (secondary N) is 1. The molecule has 4 aromatic rings. The van der Waals surface area contributed by atoms with Crippen molar-refractivity contribution in [2.75, 3.05) is 12.4 Å². The van der Waals surface area contributed by atoms with Gasteiger partial charge in [-0.15, -0.1) is 0 Å². The van der Waals surface area contributed by atoms with Gasteiger partial charge in [-0.05, 0) is 29.8 Å². The second kappa shape index (κ2) is 9.12. The molecule has 1 N–H and O–H groups in total. The number of fused-ring (bicyclic) bond motifs is 1. The van der Waals surface area contributed by atoms with E-state index in [1.807, 2.05) is 0 Å². The van der Waals surface area contributed by atoms with Crippen molar-refractivity contribution in [2.45, 2.75) is 12.8 Å². The zero-order valence-corrected chi connectivity index (χ0v) is 17.5. The molecular weight excluding hydrogens is 462 g/mol. The number of alkyl halides is 3. The fraction of sp³-hybridized carbons (Fsp3) is 0.125. The molecule has 1 heterocycles. The van der Waals surface area contributed by atoms with Crippen molar-refractivity contribution in [1.82, 2.24) is 4.98 Å². The van der Waals surface area contributed by atoms with Crippen molar-refractivity contribution in [3.63, 3.8) is 0 Å². The Morgan fingerprint density at radius 2 is 1.56 bits per heavy atom. The molecule has 4 nitrogen and oxygen atoms in total. The predicted octanol–water partition coefficient (Wildman–Crippen LogP) is 7.00. The molecule has 0 spiro atoms. The summed E-state index contributed by atoms with van der Waals surface area (Å²) in [7, 11) is 1.42. The van der Waals surface area contributed by atoms with E-state index >= 15 is 0 Å². The first-order chi connectivity index (χ1) is 16.2. The number of methoxy groups -OCH3 is 1. The molecule has 0 saturated heterocycles. The second-order valence-corrected chi connectivity index (χ2v) is 7.24. The second-order valence-electron chi connectivity index (χ2n) is 7.24. The van der Waals surface area contributed by atoms with Gasteiger partial charge in [-0.2, -0.15) is 13.2 Å². The molecule has 0 radical (unpaired) electrons. The number of nitrogens with zero attached hydrogens (tertiary/aromatic N) is 1. The van der Waals surface area contributed by atoms with Crippen molar-refractivity contribution >= 4 is 22.3 Å². The van der Waals surface area contributed by atoms with Gasteiger partial charge in [0.2, 0.25) is 0 Å². The minimum atomic E-state index is -4.44. The van der Waals surface area contributed by atoms with E-state index < -0.39 is 29.2 Å². The molecule has 0 aliphatic heterocycles. The van der Waals surface area contributed by atoms with Crippen molar-refractivity contribution in [3.8, 4) is 11.5 Å². The van der Waals surface area contributed by atoms with Crippen LogP contribution in [0.15, 0.2) is 60.8 Å². The number of rotatable bonds is 6. The molecule has 4 rings (SSSR count). The molecule has 3 aromatic carbocycles. The number of benzene rings is 3. The van der Waals surface area contributed by atoms with Gasteiger partial charge in [0, 0.05) is 41.2 Å². The molecule has 0 atom stereocenters.